The number of hydrogen-bond acceptors (Lipinski definition) is 2. The Hall–Kier alpha value is -2.81. The maximum atomic E-state index is 10.9. The van der Waals surface area contributed by atoms with Gasteiger partial charge in [-0.25, -0.2) is 0 Å². The van der Waals surface area contributed by atoms with Crippen LogP contribution in [0.2, 0.25) is 0 Å². The first kappa shape index (κ1) is 21.5. The topological polar surface area (TPSA) is 46.5 Å². The molecule has 3 heteroatoms. The van der Waals surface area contributed by atoms with Crippen LogP contribution in [0.1, 0.15) is 57.2 Å². The molecule has 3 nitrogen and oxygen atoms in total. The molecule has 0 bridgehead atoms. The molecular formula is C25H30O3. The number of carboxylic acid groups (broad SMARTS) is 1. The Bertz CT molecular complexity index is 871. The van der Waals surface area contributed by atoms with E-state index in [9.17, 15) is 4.79 Å². The van der Waals surface area contributed by atoms with Crippen LogP contribution in [0.25, 0.3) is 5.57 Å². The van der Waals surface area contributed by atoms with Crippen molar-refractivity contribution in [2.75, 3.05) is 0 Å². The number of aliphatic carboxylic acids is 1. The molecule has 1 N–H and O–H groups in total. The van der Waals surface area contributed by atoms with Gasteiger partial charge in [0.2, 0.25) is 0 Å². The number of aryl methyl sites for hydroxylation is 1. The summed E-state index contributed by atoms with van der Waals surface area (Å²) in [5.74, 6) is -0.0501. The van der Waals surface area contributed by atoms with Gasteiger partial charge >= 0.3 is 5.97 Å². The van der Waals surface area contributed by atoms with E-state index in [4.69, 9.17) is 9.84 Å². The van der Waals surface area contributed by atoms with Crippen LogP contribution in [0.5, 0.6) is 5.75 Å². The largest absolute Gasteiger partial charge is 0.489 e. The summed E-state index contributed by atoms with van der Waals surface area (Å²) in [5, 5.41) is 8.93. The molecule has 0 unspecified atom stereocenters. The van der Waals surface area contributed by atoms with E-state index in [2.05, 4.69) is 58.0 Å². The van der Waals surface area contributed by atoms with Crippen LogP contribution < -0.4 is 4.74 Å². The molecule has 2 aromatic carbocycles. The zero-order chi connectivity index (χ0) is 20.5. The molecule has 0 fully saturated rings. The summed E-state index contributed by atoms with van der Waals surface area (Å²) >= 11 is 0. The fourth-order valence-corrected chi connectivity index (χ4v) is 3.39. The van der Waals surface area contributed by atoms with Crippen molar-refractivity contribution in [2.45, 2.75) is 53.6 Å². The summed E-state index contributed by atoms with van der Waals surface area (Å²) in [6.45, 7) is 9.05. The molecule has 0 saturated carbocycles. The van der Waals surface area contributed by atoms with Gasteiger partial charge in [0, 0.05) is 6.42 Å². The number of benzene rings is 2. The minimum absolute atomic E-state index is 0.100. The Labute approximate surface area is 168 Å². The van der Waals surface area contributed by atoms with Crippen LogP contribution in [0, 0.1) is 0 Å². The standard InChI is InChI=1S/C25H30O3/c1-5-9-19(4)25(18(2)3)22-12-8-10-20(16-22)17-28-23-13-7-6-11-21(23)14-15-24(26)27/h6-13,16H,5,14-15,17H2,1-4H3,(H,26,27)/b19-9-. The third-order valence-corrected chi connectivity index (χ3v) is 4.60. The van der Waals surface area contributed by atoms with Crippen molar-refractivity contribution in [3.05, 3.63) is 82.4 Å². The summed E-state index contributed by atoms with van der Waals surface area (Å²) in [6, 6.07) is 16.1. The molecule has 0 saturated heterocycles. The lowest BCUT2D eigenvalue weighted by Gasteiger charge is -2.14. The smallest absolute Gasteiger partial charge is 0.303 e. The second-order valence-electron chi connectivity index (χ2n) is 7.16. The average molecular weight is 379 g/mol. The maximum Gasteiger partial charge on any atom is 0.303 e. The molecule has 148 valence electrons. The lowest BCUT2D eigenvalue weighted by molar-refractivity contribution is -0.136. The van der Waals surface area contributed by atoms with Crippen LogP contribution in [-0.4, -0.2) is 11.1 Å². The second-order valence-corrected chi connectivity index (χ2v) is 7.16. The number of para-hydroxylation sites is 1. The Morgan fingerprint density at radius 2 is 1.82 bits per heavy atom. The molecule has 2 aromatic rings. The third-order valence-electron chi connectivity index (χ3n) is 4.60. The highest BCUT2D eigenvalue weighted by atomic mass is 16.5. The highest BCUT2D eigenvalue weighted by Gasteiger charge is 2.09. The number of carbonyl (C=O) groups is 1. The van der Waals surface area contributed by atoms with Gasteiger partial charge in [-0.1, -0.05) is 55.0 Å². The minimum atomic E-state index is -0.799. The predicted molar refractivity (Wildman–Crippen MR) is 115 cm³/mol. The lowest BCUT2D eigenvalue weighted by Crippen LogP contribution is -2.02. The zero-order valence-corrected chi connectivity index (χ0v) is 17.3. The fraction of sp³-hybridized carbons (Fsp3) is 0.320. The molecule has 2 rings (SSSR count). The molecular weight excluding hydrogens is 348 g/mol. The minimum Gasteiger partial charge on any atom is -0.489 e. The molecule has 0 heterocycles. The molecule has 0 aliphatic heterocycles. The molecule has 0 aromatic heterocycles. The number of ether oxygens (including phenoxy) is 1. The summed E-state index contributed by atoms with van der Waals surface area (Å²) in [7, 11) is 0. The summed E-state index contributed by atoms with van der Waals surface area (Å²) in [5.41, 5.74) is 7.08. The van der Waals surface area contributed by atoms with Crippen molar-refractivity contribution in [2.24, 2.45) is 0 Å². The van der Waals surface area contributed by atoms with Crippen molar-refractivity contribution in [1.82, 2.24) is 0 Å². The quantitative estimate of drug-likeness (QED) is 0.511. The van der Waals surface area contributed by atoms with Crippen LogP contribution >= 0.6 is 0 Å². The van der Waals surface area contributed by atoms with Crippen molar-refractivity contribution >= 4 is 11.5 Å². The molecule has 0 radical (unpaired) electrons. The van der Waals surface area contributed by atoms with Crippen molar-refractivity contribution in [3.8, 4) is 5.75 Å². The van der Waals surface area contributed by atoms with Gasteiger partial charge in [0.25, 0.3) is 0 Å². The number of hydrogen-bond donors (Lipinski definition) is 1. The summed E-state index contributed by atoms with van der Waals surface area (Å²) in [4.78, 5) is 10.9. The van der Waals surface area contributed by atoms with Gasteiger partial charge in [-0.05, 0) is 73.6 Å². The first-order valence-corrected chi connectivity index (χ1v) is 9.78. The predicted octanol–water partition coefficient (Wildman–Crippen LogP) is 6.43. The normalized spacial score (nSPS) is 11.2. The van der Waals surface area contributed by atoms with Gasteiger partial charge in [-0.15, -0.1) is 0 Å². The molecule has 0 atom stereocenters. The maximum absolute atomic E-state index is 10.9. The molecule has 0 amide bonds. The first-order chi connectivity index (χ1) is 13.4. The molecule has 0 aliphatic carbocycles. The van der Waals surface area contributed by atoms with Crippen LogP contribution in [-0.2, 0) is 17.8 Å². The summed E-state index contributed by atoms with van der Waals surface area (Å²) < 4.78 is 6.04. The van der Waals surface area contributed by atoms with Crippen molar-refractivity contribution in [1.29, 1.82) is 0 Å². The zero-order valence-electron chi connectivity index (χ0n) is 17.3. The van der Waals surface area contributed by atoms with Crippen LogP contribution in [0.4, 0.5) is 0 Å². The SMILES string of the molecule is CC/C=C(/C)C(=C(C)C)c1cccc(COc2ccccc2CCC(=O)O)c1. The van der Waals surface area contributed by atoms with Crippen LogP contribution in [0.3, 0.4) is 0 Å². The molecule has 0 spiro atoms. The van der Waals surface area contributed by atoms with Gasteiger partial charge in [0.05, 0.1) is 0 Å². The van der Waals surface area contributed by atoms with Gasteiger partial charge in [-0.2, -0.15) is 0 Å². The Balaban J connectivity index is 2.19. The molecule has 0 aliphatic rings. The van der Waals surface area contributed by atoms with Crippen molar-refractivity contribution < 1.29 is 14.6 Å². The number of allylic oxidation sites excluding steroid dienone is 4. The third kappa shape index (κ3) is 6.12. The Kier molecular flexibility index (Phi) is 8.06. The van der Waals surface area contributed by atoms with E-state index in [-0.39, 0.29) is 6.42 Å². The lowest BCUT2D eigenvalue weighted by atomic mass is 9.93. The monoisotopic (exact) mass is 378 g/mol. The summed E-state index contributed by atoms with van der Waals surface area (Å²) in [6.07, 6.45) is 3.83. The van der Waals surface area contributed by atoms with E-state index >= 15 is 0 Å². The Morgan fingerprint density at radius 1 is 1.07 bits per heavy atom. The number of rotatable bonds is 9. The van der Waals surface area contributed by atoms with E-state index in [0.717, 1.165) is 23.3 Å². The average Bonchev–Trinajstić information content (AvgIpc) is 2.65. The highest BCUT2D eigenvalue weighted by molar-refractivity contribution is 5.80. The van der Waals surface area contributed by atoms with E-state index in [1.807, 2.05) is 24.3 Å². The van der Waals surface area contributed by atoms with Gasteiger partial charge in [0.15, 0.2) is 0 Å². The fourth-order valence-electron chi connectivity index (χ4n) is 3.39. The number of carboxylic acids is 1. The van der Waals surface area contributed by atoms with E-state index in [1.165, 1.54) is 22.3 Å². The molecule has 28 heavy (non-hydrogen) atoms. The van der Waals surface area contributed by atoms with Gasteiger partial charge in [-0.3, -0.25) is 4.79 Å². The van der Waals surface area contributed by atoms with Crippen molar-refractivity contribution in [3.63, 3.8) is 0 Å². The van der Waals surface area contributed by atoms with Crippen LogP contribution in [0.15, 0.2) is 65.8 Å². The van der Waals surface area contributed by atoms with E-state index in [0.29, 0.717) is 13.0 Å². The second kappa shape index (κ2) is 10.5. The first-order valence-electron chi connectivity index (χ1n) is 9.78. The van der Waals surface area contributed by atoms with Gasteiger partial charge in [0.1, 0.15) is 12.4 Å². The van der Waals surface area contributed by atoms with E-state index in [1.54, 1.807) is 0 Å². The highest BCUT2D eigenvalue weighted by Crippen LogP contribution is 2.28. The Morgan fingerprint density at radius 3 is 2.50 bits per heavy atom. The van der Waals surface area contributed by atoms with E-state index < -0.39 is 5.97 Å². The van der Waals surface area contributed by atoms with Gasteiger partial charge < -0.3 is 9.84 Å².